The van der Waals surface area contributed by atoms with E-state index in [2.05, 4.69) is 6.58 Å². The molecule has 0 aromatic heterocycles. The first-order valence-electron chi connectivity index (χ1n) is 6.94. The Bertz CT molecular complexity index is 475. The second-order valence-electron chi connectivity index (χ2n) is 4.99. The zero-order chi connectivity index (χ0) is 14.4. The lowest BCUT2D eigenvalue weighted by Crippen LogP contribution is -2.46. The molecule has 1 aromatic carbocycles. The van der Waals surface area contributed by atoms with E-state index >= 15 is 0 Å². The van der Waals surface area contributed by atoms with Crippen molar-refractivity contribution in [1.82, 2.24) is 4.90 Å². The van der Waals surface area contributed by atoms with Crippen molar-refractivity contribution in [3.63, 3.8) is 0 Å². The second kappa shape index (κ2) is 7.20. The SMILES string of the molecule is C=CCCC(=O)N1CCO[C@H](Cc2cccc(F)c2)C1. The summed E-state index contributed by atoms with van der Waals surface area (Å²) in [5.41, 5.74) is 0.899. The molecule has 1 saturated heterocycles. The van der Waals surface area contributed by atoms with Gasteiger partial charge in [0.05, 0.1) is 12.7 Å². The number of ether oxygens (including phenoxy) is 1. The molecule has 0 bridgehead atoms. The predicted octanol–water partition coefficient (Wildman–Crippen LogP) is 2.56. The van der Waals surface area contributed by atoms with E-state index in [0.29, 0.717) is 39.0 Å². The molecule has 20 heavy (non-hydrogen) atoms. The van der Waals surface area contributed by atoms with Crippen molar-refractivity contribution in [3.8, 4) is 0 Å². The number of halogens is 1. The highest BCUT2D eigenvalue weighted by Crippen LogP contribution is 2.14. The van der Waals surface area contributed by atoms with Gasteiger partial charge in [-0.1, -0.05) is 18.2 Å². The Labute approximate surface area is 119 Å². The van der Waals surface area contributed by atoms with E-state index in [1.54, 1.807) is 12.1 Å². The Kier molecular flexibility index (Phi) is 5.30. The summed E-state index contributed by atoms with van der Waals surface area (Å²) in [6.45, 7) is 5.38. The molecule has 1 atom stereocenters. The molecule has 1 aliphatic heterocycles. The van der Waals surface area contributed by atoms with Crippen LogP contribution in [0.3, 0.4) is 0 Å². The number of morpholine rings is 1. The Morgan fingerprint density at radius 1 is 1.55 bits per heavy atom. The van der Waals surface area contributed by atoms with Crippen molar-refractivity contribution in [2.75, 3.05) is 19.7 Å². The van der Waals surface area contributed by atoms with Crippen molar-refractivity contribution in [2.24, 2.45) is 0 Å². The minimum atomic E-state index is -0.239. The summed E-state index contributed by atoms with van der Waals surface area (Å²) >= 11 is 0. The standard InChI is InChI=1S/C16H20FNO2/c1-2-3-7-16(19)18-8-9-20-15(12-18)11-13-5-4-6-14(17)10-13/h2,4-6,10,15H,1,3,7-9,11-12H2/t15-/m1/s1. The van der Waals surface area contributed by atoms with Crippen LogP contribution in [-0.4, -0.2) is 36.6 Å². The third kappa shape index (κ3) is 4.17. The van der Waals surface area contributed by atoms with Gasteiger partial charge in [0.1, 0.15) is 5.82 Å². The molecule has 0 aliphatic carbocycles. The number of amides is 1. The van der Waals surface area contributed by atoms with Gasteiger partial charge in [0.15, 0.2) is 0 Å². The van der Waals surface area contributed by atoms with Gasteiger partial charge >= 0.3 is 0 Å². The first-order valence-corrected chi connectivity index (χ1v) is 6.94. The highest BCUT2D eigenvalue weighted by Gasteiger charge is 2.23. The zero-order valence-corrected chi connectivity index (χ0v) is 11.6. The maximum atomic E-state index is 13.2. The number of hydrogen-bond acceptors (Lipinski definition) is 2. The van der Waals surface area contributed by atoms with Crippen molar-refractivity contribution >= 4 is 5.91 Å². The summed E-state index contributed by atoms with van der Waals surface area (Å²) in [4.78, 5) is 13.8. The number of hydrogen-bond donors (Lipinski definition) is 0. The first kappa shape index (κ1) is 14.7. The van der Waals surface area contributed by atoms with Gasteiger partial charge in [-0.15, -0.1) is 6.58 Å². The van der Waals surface area contributed by atoms with Gasteiger partial charge in [-0.25, -0.2) is 4.39 Å². The average Bonchev–Trinajstić information content (AvgIpc) is 2.45. The van der Waals surface area contributed by atoms with E-state index in [0.717, 1.165) is 5.56 Å². The number of carbonyl (C=O) groups is 1. The summed E-state index contributed by atoms with van der Waals surface area (Å²) in [6, 6.07) is 6.52. The number of nitrogens with zero attached hydrogens (tertiary/aromatic N) is 1. The molecule has 108 valence electrons. The molecule has 0 unspecified atom stereocenters. The Morgan fingerprint density at radius 2 is 2.40 bits per heavy atom. The minimum absolute atomic E-state index is 0.0572. The fraction of sp³-hybridized carbons (Fsp3) is 0.438. The molecular weight excluding hydrogens is 257 g/mol. The van der Waals surface area contributed by atoms with Gasteiger partial charge in [0.2, 0.25) is 5.91 Å². The van der Waals surface area contributed by atoms with E-state index in [1.807, 2.05) is 11.0 Å². The number of carbonyl (C=O) groups excluding carboxylic acids is 1. The van der Waals surface area contributed by atoms with Crippen LogP contribution in [0.2, 0.25) is 0 Å². The summed E-state index contributed by atoms with van der Waals surface area (Å²) < 4.78 is 18.8. The van der Waals surface area contributed by atoms with Crippen LogP contribution in [0.15, 0.2) is 36.9 Å². The van der Waals surface area contributed by atoms with Crippen LogP contribution in [0.1, 0.15) is 18.4 Å². The summed E-state index contributed by atoms with van der Waals surface area (Å²) in [6.07, 6.45) is 3.52. The van der Waals surface area contributed by atoms with Gasteiger partial charge in [0.25, 0.3) is 0 Å². The third-order valence-electron chi connectivity index (χ3n) is 3.41. The highest BCUT2D eigenvalue weighted by molar-refractivity contribution is 5.76. The Hall–Kier alpha value is -1.68. The Balaban J connectivity index is 1.90. The summed E-state index contributed by atoms with van der Waals surface area (Å²) in [5, 5.41) is 0. The van der Waals surface area contributed by atoms with E-state index in [9.17, 15) is 9.18 Å². The monoisotopic (exact) mass is 277 g/mol. The van der Waals surface area contributed by atoms with Crippen molar-refractivity contribution in [2.45, 2.75) is 25.4 Å². The maximum absolute atomic E-state index is 13.2. The van der Waals surface area contributed by atoms with E-state index < -0.39 is 0 Å². The molecule has 4 heteroatoms. The van der Waals surface area contributed by atoms with Crippen LogP contribution < -0.4 is 0 Å². The average molecular weight is 277 g/mol. The Morgan fingerprint density at radius 3 is 3.15 bits per heavy atom. The quantitative estimate of drug-likeness (QED) is 0.774. The van der Waals surface area contributed by atoms with Gasteiger partial charge in [-0.2, -0.15) is 0 Å². The molecule has 0 radical (unpaired) electrons. The third-order valence-corrected chi connectivity index (χ3v) is 3.41. The lowest BCUT2D eigenvalue weighted by atomic mass is 10.1. The maximum Gasteiger partial charge on any atom is 0.223 e. The van der Waals surface area contributed by atoms with Crippen LogP contribution in [0.4, 0.5) is 4.39 Å². The normalized spacial score (nSPS) is 18.9. The molecule has 1 aromatic rings. The van der Waals surface area contributed by atoms with E-state index in [1.165, 1.54) is 12.1 Å². The van der Waals surface area contributed by atoms with Crippen LogP contribution in [0.5, 0.6) is 0 Å². The fourth-order valence-corrected chi connectivity index (χ4v) is 2.38. The molecule has 1 fully saturated rings. The molecular formula is C16H20FNO2. The number of allylic oxidation sites excluding steroid dienone is 1. The molecule has 1 amide bonds. The van der Waals surface area contributed by atoms with Crippen LogP contribution in [-0.2, 0) is 16.0 Å². The molecule has 1 heterocycles. The summed E-state index contributed by atoms with van der Waals surface area (Å²) in [5.74, 6) is -0.102. The molecule has 0 saturated carbocycles. The number of benzene rings is 1. The van der Waals surface area contributed by atoms with Gasteiger partial charge in [0, 0.05) is 25.9 Å². The van der Waals surface area contributed by atoms with E-state index in [-0.39, 0.29) is 17.8 Å². The molecule has 0 N–H and O–H groups in total. The van der Waals surface area contributed by atoms with Crippen molar-refractivity contribution in [3.05, 3.63) is 48.3 Å². The second-order valence-corrected chi connectivity index (χ2v) is 4.99. The first-order chi connectivity index (χ1) is 9.69. The topological polar surface area (TPSA) is 29.5 Å². The smallest absolute Gasteiger partial charge is 0.223 e. The fourth-order valence-electron chi connectivity index (χ4n) is 2.38. The summed E-state index contributed by atoms with van der Waals surface area (Å²) in [7, 11) is 0. The van der Waals surface area contributed by atoms with Gasteiger partial charge in [-0.3, -0.25) is 4.79 Å². The number of rotatable bonds is 5. The molecule has 0 spiro atoms. The van der Waals surface area contributed by atoms with E-state index in [4.69, 9.17) is 4.74 Å². The molecule has 1 aliphatic rings. The van der Waals surface area contributed by atoms with Gasteiger partial charge < -0.3 is 9.64 Å². The van der Waals surface area contributed by atoms with Crippen LogP contribution in [0.25, 0.3) is 0 Å². The van der Waals surface area contributed by atoms with Crippen molar-refractivity contribution in [1.29, 1.82) is 0 Å². The molecule has 2 rings (SSSR count). The highest BCUT2D eigenvalue weighted by atomic mass is 19.1. The lowest BCUT2D eigenvalue weighted by molar-refractivity contribution is -0.138. The largest absolute Gasteiger partial charge is 0.374 e. The van der Waals surface area contributed by atoms with Gasteiger partial charge in [-0.05, 0) is 24.1 Å². The lowest BCUT2D eigenvalue weighted by Gasteiger charge is -2.33. The minimum Gasteiger partial charge on any atom is -0.374 e. The predicted molar refractivity (Wildman–Crippen MR) is 75.9 cm³/mol. The molecule has 3 nitrogen and oxygen atoms in total. The van der Waals surface area contributed by atoms with Crippen LogP contribution in [0, 0.1) is 5.82 Å². The van der Waals surface area contributed by atoms with Crippen LogP contribution >= 0.6 is 0 Å². The van der Waals surface area contributed by atoms with Crippen molar-refractivity contribution < 1.29 is 13.9 Å². The zero-order valence-electron chi connectivity index (χ0n) is 11.6.